The summed E-state index contributed by atoms with van der Waals surface area (Å²) in [4.78, 5) is 14.0. The maximum absolute atomic E-state index is 12.1. The fourth-order valence-electron chi connectivity index (χ4n) is 1.88. The van der Waals surface area contributed by atoms with E-state index in [2.05, 4.69) is 5.32 Å². The number of nitrogen functional groups attached to an aromatic ring is 1. The van der Waals surface area contributed by atoms with E-state index in [1.807, 2.05) is 55.6 Å². The van der Waals surface area contributed by atoms with Crippen LogP contribution in [0.5, 0.6) is 0 Å². The smallest absolute Gasteiger partial charge is 0.234 e. The molecule has 0 heterocycles. The first kappa shape index (κ1) is 15.8. The molecule has 0 atom stereocenters. The molecule has 0 aliphatic heterocycles. The Hall–Kier alpha value is -1.59. The summed E-state index contributed by atoms with van der Waals surface area (Å²) in [5.41, 5.74) is 8.64. The number of aryl methyl sites for hydroxylation is 1. The SMILES string of the molecule is CSc1ccccc1NC(=O)CSc1ccc(C)cc1N. The molecule has 0 saturated carbocycles. The van der Waals surface area contributed by atoms with E-state index >= 15 is 0 Å². The van der Waals surface area contributed by atoms with E-state index in [-0.39, 0.29) is 5.91 Å². The first-order valence-corrected chi connectivity index (χ1v) is 8.73. The van der Waals surface area contributed by atoms with Crippen molar-refractivity contribution in [3.05, 3.63) is 48.0 Å². The predicted octanol–water partition coefficient (Wildman–Crippen LogP) is 4.03. The van der Waals surface area contributed by atoms with Crippen LogP contribution >= 0.6 is 23.5 Å². The molecule has 0 aliphatic carbocycles. The molecule has 2 rings (SSSR count). The second-order valence-electron chi connectivity index (χ2n) is 4.58. The third-order valence-corrected chi connectivity index (χ3v) is 4.79. The average Bonchev–Trinajstić information content (AvgIpc) is 2.47. The molecule has 0 fully saturated rings. The summed E-state index contributed by atoms with van der Waals surface area (Å²) in [6.45, 7) is 2.00. The highest BCUT2D eigenvalue weighted by molar-refractivity contribution is 8.00. The predicted molar refractivity (Wildman–Crippen MR) is 93.2 cm³/mol. The average molecular weight is 318 g/mol. The van der Waals surface area contributed by atoms with Gasteiger partial charge in [0.2, 0.25) is 5.91 Å². The molecule has 2 aromatic carbocycles. The highest BCUT2D eigenvalue weighted by Gasteiger charge is 2.08. The van der Waals surface area contributed by atoms with Crippen molar-refractivity contribution in [1.82, 2.24) is 0 Å². The van der Waals surface area contributed by atoms with Gasteiger partial charge in [0, 0.05) is 15.5 Å². The molecular formula is C16H18N2OS2. The van der Waals surface area contributed by atoms with Crippen molar-refractivity contribution in [3.8, 4) is 0 Å². The monoisotopic (exact) mass is 318 g/mol. The van der Waals surface area contributed by atoms with Gasteiger partial charge in [-0.3, -0.25) is 4.79 Å². The second-order valence-corrected chi connectivity index (χ2v) is 6.44. The van der Waals surface area contributed by atoms with Crippen LogP contribution in [0.1, 0.15) is 5.56 Å². The molecule has 3 nitrogen and oxygen atoms in total. The largest absolute Gasteiger partial charge is 0.398 e. The van der Waals surface area contributed by atoms with Crippen LogP contribution in [0.15, 0.2) is 52.3 Å². The topological polar surface area (TPSA) is 55.1 Å². The van der Waals surface area contributed by atoms with Gasteiger partial charge in [-0.05, 0) is 43.0 Å². The van der Waals surface area contributed by atoms with E-state index in [1.165, 1.54) is 11.8 Å². The van der Waals surface area contributed by atoms with Crippen molar-refractivity contribution >= 4 is 40.8 Å². The summed E-state index contributed by atoms with van der Waals surface area (Å²) in [6, 6.07) is 13.7. The molecule has 5 heteroatoms. The van der Waals surface area contributed by atoms with E-state index in [0.29, 0.717) is 5.75 Å². The number of para-hydroxylation sites is 1. The molecule has 0 spiro atoms. The highest BCUT2D eigenvalue weighted by Crippen LogP contribution is 2.27. The second kappa shape index (κ2) is 7.43. The van der Waals surface area contributed by atoms with E-state index in [1.54, 1.807) is 11.8 Å². The number of hydrogen-bond acceptors (Lipinski definition) is 4. The van der Waals surface area contributed by atoms with Crippen LogP contribution in [0.3, 0.4) is 0 Å². The zero-order valence-corrected chi connectivity index (χ0v) is 13.7. The molecular weight excluding hydrogens is 300 g/mol. The van der Waals surface area contributed by atoms with Crippen molar-refractivity contribution in [2.24, 2.45) is 0 Å². The van der Waals surface area contributed by atoms with Gasteiger partial charge in [-0.15, -0.1) is 23.5 Å². The quantitative estimate of drug-likeness (QED) is 0.645. The number of carbonyl (C=O) groups excluding carboxylic acids is 1. The number of amides is 1. The molecule has 3 N–H and O–H groups in total. The number of carbonyl (C=O) groups is 1. The van der Waals surface area contributed by atoms with E-state index < -0.39 is 0 Å². The first-order valence-electron chi connectivity index (χ1n) is 6.52. The zero-order chi connectivity index (χ0) is 15.2. The van der Waals surface area contributed by atoms with Gasteiger partial charge in [0.1, 0.15) is 0 Å². The molecule has 21 heavy (non-hydrogen) atoms. The van der Waals surface area contributed by atoms with Gasteiger partial charge < -0.3 is 11.1 Å². The number of anilines is 2. The van der Waals surface area contributed by atoms with Gasteiger partial charge >= 0.3 is 0 Å². The van der Waals surface area contributed by atoms with E-state index in [4.69, 9.17) is 5.73 Å². The normalized spacial score (nSPS) is 10.4. The molecule has 2 aromatic rings. The van der Waals surface area contributed by atoms with Gasteiger partial charge in [-0.2, -0.15) is 0 Å². The lowest BCUT2D eigenvalue weighted by atomic mass is 10.2. The number of nitrogens with two attached hydrogens (primary N) is 1. The Bertz CT molecular complexity index is 644. The Kier molecular flexibility index (Phi) is 5.59. The standard InChI is InChI=1S/C16H18N2OS2/c1-11-7-8-14(12(17)9-11)21-10-16(19)18-13-5-3-4-6-15(13)20-2/h3-9H,10,17H2,1-2H3,(H,18,19). The van der Waals surface area contributed by atoms with E-state index in [0.717, 1.165) is 26.7 Å². The van der Waals surface area contributed by atoms with Crippen LogP contribution in [-0.4, -0.2) is 17.9 Å². The van der Waals surface area contributed by atoms with Crippen molar-refractivity contribution in [1.29, 1.82) is 0 Å². The first-order chi connectivity index (χ1) is 10.1. The Morgan fingerprint density at radius 2 is 1.95 bits per heavy atom. The maximum Gasteiger partial charge on any atom is 0.234 e. The summed E-state index contributed by atoms with van der Waals surface area (Å²) in [5.74, 6) is 0.317. The van der Waals surface area contributed by atoms with Crippen molar-refractivity contribution in [3.63, 3.8) is 0 Å². The fraction of sp³-hybridized carbons (Fsp3) is 0.188. The number of benzene rings is 2. The van der Waals surface area contributed by atoms with Crippen LogP contribution in [0.2, 0.25) is 0 Å². The Balaban J connectivity index is 1.96. The third-order valence-electron chi connectivity index (χ3n) is 2.91. The van der Waals surface area contributed by atoms with Crippen molar-refractivity contribution in [2.75, 3.05) is 23.1 Å². The molecule has 0 aliphatic rings. The minimum atomic E-state index is -0.0264. The van der Waals surface area contributed by atoms with Gasteiger partial charge in [-0.1, -0.05) is 18.2 Å². The molecule has 1 amide bonds. The number of nitrogens with one attached hydrogen (secondary N) is 1. The van der Waals surface area contributed by atoms with E-state index in [9.17, 15) is 4.79 Å². The summed E-state index contributed by atoms with van der Waals surface area (Å²) in [7, 11) is 0. The van der Waals surface area contributed by atoms with Crippen molar-refractivity contribution < 1.29 is 4.79 Å². The lowest BCUT2D eigenvalue weighted by molar-refractivity contribution is -0.113. The maximum atomic E-state index is 12.1. The minimum Gasteiger partial charge on any atom is -0.398 e. The van der Waals surface area contributed by atoms with Crippen LogP contribution in [0.4, 0.5) is 11.4 Å². The molecule has 0 unspecified atom stereocenters. The van der Waals surface area contributed by atoms with Gasteiger partial charge in [0.05, 0.1) is 11.4 Å². The van der Waals surface area contributed by atoms with Gasteiger partial charge in [0.15, 0.2) is 0 Å². The van der Waals surface area contributed by atoms with Crippen LogP contribution in [-0.2, 0) is 4.79 Å². The summed E-state index contributed by atoms with van der Waals surface area (Å²) < 4.78 is 0. The summed E-state index contributed by atoms with van der Waals surface area (Å²) in [6.07, 6.45) is 1.99. The summed E-state index contributed by atoms with van der Waals surface area (Å²) >= 11 is 3.07. The molecule has 110 valence electrons. The Labute approximate surface area is 133 Å². The Morgan fingerprint density at radius 3 is 2.67 bits per heavy atom. The van der Waals surface area contributed by atoms with Crippen molar-refractivity contribution in [2.45, 2.75) is 16.7 Å². The van der Waals surface area contributed by atoms with Crippen LogP contribution < -0.4 is 11.1 Å². The molecule has 0 saturated heterocycles. The van der Waals surface area contributed by atoms with Crippen LogP contribution in [0, 0.1) is 6.92 Å². The zero-order valence-electron chi connectivity index (χ0n) is 12.1. The lowest BCUT2D eigenvalue weighted by Crippen LogP contribution is -2.14. The molecule has 0 radical (unpaired) electrons. The highest BCUT2D eigenvalue weighted by atomic mass is 32.2. The van der Waals surface area contributed by atoms with Gasteiger partial charge in [0.25, 0.3) is 0 Å². The number of thioether (sulfide) groups is 2. The minimum absolute atomic E-state index is 0.0264. The third kappa shape index (κ3) is 4.44. The molecule has 0 bridgehead atoms. The fourth-order valence-corrected chi connectivity index (χ4v) is 3.18. The number of rotatable bonds is 5. The summed E-state index contributed by atoms with van der Waals surface area (Å²) in [5, 5.41) is 2.94. The molecule has 0 aromatic heterocycles. The lowest BCUT2D eigenvalue weighted by Gasteiger charge is -2.10. The number of hydrogen-bond donors (Lipinski definition) is 2. The van der Waals surface area contributed by atoms with Gasteiger partial charge in [-0.25, -0.2) is 0 Å². The van der Waals surface area contributed by atoms with Crippen LogP contribution in [0.25, 0.3) is 0 Å². The Morgan fingerprint density at radius 1 is 1.19 bits per heavy atom.